The molecular weight excluding hydrogens is 294 g/mol. The first-order valence-corrected chi connectivity index (χ1v) is 7.83. The van der Waals surface area contributed by atoms with E-state index >= 15 is 0 Å². The Morgan fingerprint density at radius 2 is 1.67 bits per heavy atom. The Labute approximate surface area is 129 Å². The van der Waals surface area contributed by atoms with Crippen LogP contribution in [0.25, 0.3) is 0 Å². The van der Waals surface area contributed by atoms with Crippen molar-refractivity contribution in [2.24, 2.45) is 0 Å². The molecule has 0 radical (unpaired) electrons. The molecule has 2 unspecified atom stereocenters. The number of hydrogen-bond acceptors (Lipinski definition) is 5. The lowest BCUT2D eigenvalue weighted by Crippen LogP contribution is -2.34. The topological polar surface area (TPSA) is 84.9 Å². The Morgan fingerprint density at radius 1 is 1.19 bits per heavy atom. The molecule has 21 heavy (non-hydrogen) atoms. The minimum atomic E-state index is -1.76. The summed E-state index contributed by atoms with van der Waals surface area (Å²) in [4.78, 5) is 10.9. The highest BCUT2D eigenvalue weighted by atomic mass is 32.2. The molecular formula is C14H25NO5S. The van der Waals surface area contributed by atoms with Gasteiger partial charge < -0.3 is 9.84 Å². The third kappa shape index (κ3) is 9.17. The van der Waals surface area contributed by atoms with E-state index < -0.39 is 23.1 Å². The third-order valence-corrected chi connectivity index (χ3v) is 2.83. The van der Waals surface area contributed by atoms with Crippen LogP contribution in [-0.4, -0.2) is 28.4 Å². The van der Waals surface area contributed by atoms with Crippen LogP contribution in [0.1, 0.15) is 34.6 Å². The van der Waals surface area contributed by atoms with Crippen LogP contribution < -0.4 is 10.2 Å². The molecule has 0 bridgehead atoms. The standard InChI is InChI=1S/C10H13NO5S.2C2H6/c1-7(10(12)13)11-16-17(14)9-5-3-8(15-2)4-6-9;2*1-2/h3-7,11H,1-2H3,(H,12,13);2*1-2H3. The van der Waals surface area contributed by atoms with Gasteiger partial charge in [0.05, 0.1) is 12.0 Å². The Hall–Kier alpha value is -1.44. The molecule has 6 nitrogen and oxygen atoms in total. The Morgan fingerprint density at radius 3 is 2.05 bits per heavy atom. The maximum absolute atomic E-state index is 11.6. The summed E-state index contributed by atoms with van der Waals surface area (Å²) in [5.74, 6) is -0.450. The quantitative estimate of drug-likeness (QED) is 0.784. The largest absolute Gasteiger partial charge is 0.497 e. The van der Waals surface area contributed by atoms with Gasteiger partial charge in [-0.2, -0.15) is 9.76 Å². The van der Waals surface area contributed by atoms with Crippen molar-refractivity contribution in [3.05, 3.63) is 24.3 Å². The first kappa shape index (κ1) is 21.9. The molecule has 1 aromatic rings. The predicted molar refractivity (Wildman–Crippen MR) is 83.4 cm³/mol. The van der Waals surface area contributed by atoms with Crippen molar-refractivity contribution in [1.82, 2.24) is 5.48 Å². The van der Waals surface area contributed by atoms with Crippen LogP contribution in [0.3, 0.4) is 0 Å². The van der Waals surface area contributed by atoms with E-state index in [9.17, 15) is 9.00 Å². The minimum absolute atomic E-state index is 0.413. The summed E-state index contributed by atoms with van der Waals surface area (Å²) in [6.45, 7) is 9.38. The molecule has 0 aliphatic carbocycles. The fraction of sp³-hybridized carbons (Fsp3) is 0.500. The lowest BCUT2D eigenvalue weighted by atomic mass is 10.3. The lowest BCUT2D eigenvalue weighted by Gasteiger charge is -2.08. The molecule has 2 N–H and O–H groups in total. The second-order valence-electron chi connectivity index (χ2n) is 3.17. The van der Waals surface area contributed by atoms with Gasteiger partial charge in [-0.1, -0.05) is 27.7 Å². The molecule has 0 aliphatic heterocycles. The van der Waals surface area contributed by atoms with Crippen molar-refractivity contribution in [1.29, 1.82) is 0 Å². The molecule has 1 rings (SSSR count). The van der Waals surface area contributed by atoms with Gasteiger partial charge in [0.15, 0.2) is 0 Å². The van der Waals surface area contributed by atoms with Crippen molar-refractivity contribution >= 4 is 17.0 Å². The van der Waals surface area contributed by atoms with Gasteiger partial charge in [0.25, 0.3) is 0 Å². The maximum atomic E-state index is 11.6. The zero-order valence-corrected chi connectivity index (χ0v) is 14.2. The molecule has 2 atom stereocenters. The molecule has 122 valence electrons. The number of hydroxylamine groups is 1. The summed E-state index contributed by atoms with van der Waals surface area (Å²) < 4.78 is 21.2. The van der Waals surface area contributed by atoms with E-state index in [0.29, 0.717) is 10.6 Å². The van der Waals surface area contributed by atoms with Crippen LogP contribution in [0.15, 0.2) is 29.2 Å². The van der Waals surface area contributed by atoms with E-state index in [4.69, 9.17) is 14.1 Å². The fourth-order valence-electron chi connectivity index (χ4n) is 0.901. The molecule has 0 aromatic heterocycles. The third-order valence-electron chi connectivity index (χ3n) is 1.92. The van der Waals surface area contributed by atoms with Gasteiger partial charge in [0, 0.05) is 0 Å². The van der Waals surface area contributed by atoms with Crippen LogP contribution >= 0.6 is 0 Å². The van der Waals surface area contributed by atoms with E-state index in [1.54, 1.807) is 24.3 Å². The summed E-state index contributed by atoms with van der Waals surface area (Å²) in [7, 11) is 1.53. The van der Waals surface area contributed by atoms with E-state index in [1.807, 2.05) is 27.7 Å². The number of carboxylic acids is 1. The van der Waals surface area contributed by atoms with Crippen LogP contribution in [0.5, 0.6) is 5.75 Å². The number of nitrogens with one attached hydrogen (secondary N) is 1. The van der Waals surface area contributed by atoms with E-state index in [-0.39, 0.29) is 0 Å². The van der Waals surface area contributed by atoms with E-state index in [0.717, 1.165) is 0 Å². The normalized spacial score (nSPS) is 11.9. The number of hydrogen-bond donors (Lipinski definition) is 2. The van der Waals surface area contributed by atoms with Crippen molar-refractivity contribution in [2.75, 3.05) is 7.11 Å². The zero-order chi connectivity index (χ0) is 16.8. The Bertz CT molecular complexity index is 408. The van der Waals surface area contributed by atoms with Gasteiger partial charge >= 0.3 is 5.97 Å². The average Bonchev–Trinajstić information content (AvgIpc) is 2.55. The van der Waals surface area contributed by atoms with Gasteiger partial charge in [-0.3, -0.25) is 4.79 Å². The number of benzene rings is 1. The number of carbonyl (C=O) groups is 1. The SMILES string of the molecule is CC.CC.COc1ccc(S(=O)ONC(C)C(=O)O)cc1. The molecule has 0 aliphatic rings. The number of methoxy groups -OCH3 is 1. The smallest absolute Gasteiger partial charge is 0.322 e. The van der Waals surface area contributed by atoms with Crippen LogP contribution in [0, 0.1) is 0 Å². The van der Waals surface area contributed by atoms with Crippen molar-refractivity contribution in [3.63, 3.8) is 0 Å². The monoisotopic (exact) mass is 319 g/mol. The van der Waals surface area contributed by atoms with Crippen LogP contribution in [0.4, 0.5) is 0 Å². The molecule has 1 aromatic carbocycles. The van der Waals surface area contributed by atoms with E-state index in [1.165, 1.54) is 14.0 Å². The second kappa shape index (κ2) is 13.5. The highest BCUT2D eigenvalue weighted by Gasteiger charge is 2.13. The number of ether oxygens (including phenoxy) is 1. The second-order valence-corrected chi connectivity index (χ2v) is 4.28. The van der Waals surface area contributed by atoms with Crippen LogP contribution in [-0.2, 0) is 20.2 Å². The summed E-state index contributed by atoms with van der Waals surface area (Å²) in [5.41, 5.74) is 2.18. The van der Waals surface area contributed by atoms with Crippen molar-refractivity contribution < 1.29 is 23.1 Å². The molecule has 7 heteroatoms. The van der Waals surface area contributed by atoms with E-state index in [2.05, 4.69) is 5.48 Å². The maximum Gasteiger partial charge on any atom is 0.322 e. The van der Waals surface area contributed by atoms with Crippen LogP contribution in [0.2, 0.25) is 0 Å². The molecule has 0 amide bonds. The lowest BCUT2D eigenvalue weighted by molar-refractivity contribution is -0.140. The predicted octanol–water partition coefficient (Wildman–Crippen LogP) is 2.76. The van der Waals surface area contributed by atoms with Crippen molar-refractivity contribution in [2.45, 2.75) is 45.6 Å². The summed E-state index contributed by atoms with van der Waals surface area (Å²) in [5, 5.41) is 8.58. The molecule has 0 saturated carbocycles. The molecule has 0 saturated heterocycles. The van der Waals surface area contributed by atoms with Gasteiger partial charge in [-0.15, -0.1) is 0 Å². The first-order valence-electron chi connectivity index (χ1n) is 6.76. The van der Waals surface area contributed by atoms with Gasteiger partial charge in [-0.05, 0) is 31.2 Å². The number of rotatable bonds is 6. The molecule has 0 fully saturated rings. The fourth-order valence-corrected chi connectivity index (χ4v) is 1.59. The van der Waals surface area contributed by atoms with Crippen molar-refractivity contribution in [3.8, 4) is 5.75 Å². The molecule has 0 heterocycles. The molecule has 0 spiro atoms. The highest BCUT2D eigenvalue weighted by molar-refractivity contribution is 7.80. The Balaban J connectivity index is 0. The summed E-state index contributed by atoms with van der Waals surface area (Å²) in [6, 6.07) is 5.48. The van der Waals surface area contributed by atoms with Gasteiger partial charge in [-0.25, -0.2) is 4.21 Å². The average molecular weight is 319 g/mol. The Kier molecular flexibility index (Phi) is 14.1. The zero-order valence-electron chi connectivity index (χ0n) is 13.4. The number of aliphatic carboxylic acids is 1. The minimum Gasteiger partial charge on any atom is -0.497 e. The summed E-state index contributed by atoms with van der Waals surface area (Å²) in [6.07, 6.45) is 0. The van der Waals surface area contributed by atoms with Gasteiger partial charge in [0.1, 0.15) is 11.8 Å². The first-order chi connectivity index (χ1) is 10.0. The van der Waals surface area contributed by atoms with Gasteiger partial charge in [0.2, 0.25) is 11.1 Å². The summed E-state index contributed by atoms with van der Waals surface area (Å²) >= 11 is -1.76. The highest BCUT2D eigenvalue weighted by Crippen LogP contribution is 2.14. The number of carboxylic acid groups (broad SMARTS) is 1.